The number of rotatable bonds is 10. The molecule has 0 aliphatic rings. The van der Waals surface area contributed by atoms with Gasteiger partial charge in [-0.25, -0.2) is 8.42 Å². The van der Waals surface area contributed by atoms with Crippen LogP contribution < -0.4 is 9.62 Å². The summed E-state index contributed by atoms with van der Waals surface area (Å²) < 4.78 is 28.9. The number of carbonyl (C=O) groups is 2. The lowest BCUT2D eigenvalue weighted by Gasteiger charge is -2.32. The predicted molar refractivity (Wildman–Crippen MR) is 152 cm³/mol. The molecular formula is C29H34ClN3O4S. The number of hydrogen-bond acceptors (Lipinski definition) is 4. The van der Waals surface area contributed by atoms with Gasteiger partial charge in [0.05, 0.1) is 10.6 Å². The molecule has 0 unspecified atom stereocenters. The summed E-state index contributed by atoms with van der Waals surface area (Å²) in [7, 11) is -4.15. The topological polar surface area (TPSA) is 86.8 Å². The van der Waals surface area contributed by atoms with Crippen molar-refractivity contribution >= 4 is 39.1 Å². The molecule has 202 valence electrons. The van der Waals surface area contributed by atoms with Gasteiger partial charge < -0.3 is 10.2 Å². The first-order valence-corrected chi connectivity index (χ1v) is 14.2. The van der Waals surface area contributed by atoms with Crippen molar-refractivity contribution in [3.63, 3.8) is 0 Å². The molecule has 0 aromatic heterocycles. The first-order chi connectivity index (χ1) is 17.9. The van der Waals surface area contributed by atoms with Crippen LogP contribution in [-0.2, 0) is 26.2 Å². The van der Waals surface area contributed by atoms with Gasteiger partial charge in [0.25, 0.3) is 10.0 Å². The number of likely N-dealkylation sites (N-methyl/N-ethyl adjacent to an activating group) is 1. The highest BCUT2D eigenvalue weighted by Gasteiger charge is 2.33. The Kier molecular flexibility index (Phi) is 9.57. The largest absolute Gasteiger partial charge is 0.355 e. The van der Waals surface area contributed by atoms with Crippen LogP contribution in [0.3, 0.4) is 0 Å². The third-order valence-corrected chi connectivity index (χ3v) is 8.53. The van der Waals surface area contributed by atoms with Gasteiger partial charge in [0.15, 0.2) is 0 Å². The molecule has 0 radical (unpaired) electrons. The smallest absolute Gasteiger partial charge is 0.264 e. The number of carbonyl (C=O) groups excluding carboxylic acids is 2. The molecule has 3 rings (SSSR count). The average molecular weight is 556 g/mol. The van der Waals surface area contributed by atoms with Crippen molar-refractivity contribution in [3.05, 3.63) is 94.0 Å². The highest BCUT2D eigenvalue weighted by atomic mass is 35.5. The fourth-order valence-corrected chi connectivity index (χ4v) is 5.77. The van der Waals surface area contributed by atoms with Crippen LogP contribution >= 0.6 is 11.6 Å². The summed E-state index contributed by atoms with van der Waals surface area (Å²) in [5, 5.41) is 3.14. The molecule has 7 nitrogen and oxygen atoms in total. The van der Waals surface area contributed by atoms with Crippen molar-refractivity contribution in [2.45, 2.75) is 52.1 Å². The summed E-state index contributed by atoms with van der Waals surface area (Å²) in [5.41, 5.74) is 3.58. The molecule has 3 aromatic rings. The van der Waals surface area contributed by atoms with Gasteiger partial charge in [-0.1, -0.05) is 65.2 Å². The number of anilines is 1. The van der Waals surface area contributed by atoms with E-state index in [1.807, 2.05) is 38.1 Å². The third-order valence-electron chi connectivity index (χ3n) is 6.35. The molecule has 0 spiro atoms. The second-order valence-electron chi connectivity index (χ2n) is 9.29. The van der Waals surface area contributed by atoms with Gasteiger partial charge in [0.2, 0.25) is 11.8 Å². The molecule has 0 bridgehead atoms. The Morgan fingerprint density at radius 2 is 1.61 bits per heavy atom. The number of halogens is 1. The molecule has 3 aromatic carbocycles. The number of nitrogens with zero attached hydrogens (tertiary/aromatic N) is 2. The monoisotopic (exact) mass is 555 g/mol. The quantitative estimate of drug-likeness (QED) is 0.381. The highest BCUT2D eigenvalue weighted by Crippen LogP contribution is 2.31. The van der Waals surface area contributed by atoms with Gasteiger partial charge >= 0.3 is 0 Å². The van der Waals surface area contributed by atoms with E-state index in [1.165, 1.54) is 17.0 Å². The number of sulfonamides is 1. The van der Waals surface area contributed by atoms with Crippen LogP contribution in [-0.4, -0.2) is 44.3 Å². The fraction of sp³-hybridized carbons (Fsp3) is 0.310. The van der Waals surface area contributed by atoms with E-state index < -0.39 is 28.5 Å². The maximum atomic E-state index is 13.9. The molecule has 0 fully saturated rings. The van der Waals surface area contributed by atoms with Gasteiger partial charge in [-0.15, -0.1) is 0 Å². The maximum Gasteiger partial charge on any atom is 0.264 e. The summed E-state index contributed by atoms with van der Waals surface area (Å²) in [6.45, 7) is 9.01. The van der Waals surface area contributed by atoms with Gasteiger partial charge in [0, 0.05) is 18.1 Å². The minimum absolute atomic E-state index is 0.0530. The zero-order valence-corrected chi connectivity index (χ0v) is 23.9. The van der Waals surface area contributed by atoms with E-state index in [0.29, 0.717) is 22.8 Å². The average Bonchev–Trinajstić information content (AvgIpc) is 2.87. The molecule has 0 heterocycles. The molecule has 9 heteroatoms. The Labute approximate surface area is 230 Å². The van der Waals surface area contributed by atoms with Crippen molar-refractivity contribution in [2.24, 2.45) is 0 Å². The van der Waals surface area contributed by atoms with Crippen LogP contribution in [0.15, 0.2) is 71.6 Å². The Hall–Kier alpha value is -3.36. The zero-order valence-electron chi connectivity index (χ0n) is 22.4. The minimum Gasteiger partial charge on any atom is -0.355 e. The summed E-state index contributed by atoms with van der Waals surface area (Å²) in [5.74, 6) is -0.833. The molecule has 0 saturated carbocycles. The zero-order chi connectivity index (χ0) is 28.0. The van der Waals surface area contributed by atoms with Crippen molar-refractivity contribution in [3.8, 4) is 0 Å². The first-order valence-electron chi connectivity index (χ1n) is 12.4. The lowest BCUT2D eigenvalue weighted by Crippen LogP contribution is -2.51. The first kappa shape index (κ1) is 29.2. The third kappa shape index (κ3) is 6.74. The number of aryl methyl sites for hydroxylation is 2. The summed E-state index contributed by atoms with van der Waals surface area (Å²) in [6.07, 6.45) is 0. The molecule has 1 N–H and O–H groups in total. The fourth-order valence-electron chi connectivity index (χ4n) is 4.13. The normalized spacial score (nSPS) is 12.1. The molecule has 0 saturated heterocycles. The SMILES string of the molecule is CCNC(=O)[C@H](C)N(Cc1cccc(C)c1)C(=O)CN(c1cccc(Cl)c1C)S(=O)(=O)c1ccc(C)cc1. The van der Waals surface area contributed by atoms with E-state index in [-0.39, 0.29) is 17.3 Å². The van der Waals surface area contributed by atoms with Crippen LogP contribution in [0.1, 0.15) is 36.1 Å². The number of benzene rings is 3. The number of amides is 2. The standard InChI is InChI=1S/C29H34ClN3O4S/c1-6-31-29(35)23(5)32(18-24-10-7-9-21(3)17-24)28(34)19-33(27-12-8-11-26(30)22(27)4)38(36,37)25-15-13-20(2)14-16-25/h7-17,23H,6,18-19H2,1-5H3,(H,31,35)/t23-/m0/s1. The van der Waals surface area contributed by atoms with Crippen LogP contribution in [0.25, 0.3) is 0 Å². The molecule has 38 heavy (non-hydrogen) atoms. The van der Waals surface area contributed by atoms with Crippen molar-refractivity contribution in [1.82, 2.24) is 10.2 Å². The van der Waals surface area contributed by atoms with Crippen LogP contribution in [0.5, 0.6) is 0 Å². The molecule has 2 amide bonds. The van der Waals surface area contributed by atoms with Crippen molar-refractivity contribution in [1.29, 1.82) is 0 Å². The van der Waals surface area contributed by atoms with Crippen molar-refractivity contribution in [2.75, 3.05) is 17.4 Å². The van der Waals surface area contributed by atoms with E-state index in [2.05, 4.69) is 5.32 Å². The highest BCUT2D eigenvalue weighted by molar-refractivity contribution is 7.92. The van der Waals surface area contributed by atoms with E-state index in [1.54, 1.807) is 51.1 Å². The van der Waals surface area contributed by atoms with E-state index >= 15 is 0 Å². The molecule has 0 aliphatic carbocycles. The second kappa shape index (κ2) is 12.5. The van der Waals surface area contributed by atoms with Crippen LogP contribution in [0.4, 0.5) is 5.69 Å². The predicted octanol–water partition coefficient (Wildman–Crippen LogP) is 5.01. The van der Waals surface area contributed by atoms with Gasteiger partial charge in [-0.3, -0.25) is 13.9 Å². The lowest BCUT2D eigenvalue weighted by molar-refractivity contribution is -0.139. The minimum atomic E-state index is -4.15. The number of nitrogens with one attached hydrogen (secondary N) is 1. The summed E-state index contributed by atoms with van der Waals surface area (Å²) >= 11 is 6.35. The van der Waals surface area contributed by atoms with E-state index in [0.717, 1.165) is 21.0 Å². The maximum absolute atomic E-state index is 13.9. The van der Waals surface area contributed by atoms with E-state index in [4.69, 9.17) is 11.6 Å². The summed E-state index contributed by atoms with van der Waals surface area (Å²) in [6, 6.07) is 18.2. The second-order valence-corrected chi connectivity index (χ2v) is 11.6. The van der Waals surface area contributed by atoms with E-state index in [9.17, 15) is 18.0 Å². The Morgan fingerprint density at radius 3 is 2.24 bits per heavy atom. The Bertz CT molecular complexity index is 1410. The van der Waals surface area contributed by atoms with Crippen molar-refractivity contribution < 1.29 is 18.0 Å². The molecule has 0 aliphatic heterocycles. The lowest BCUT2D eigenvalue weighted by atomic mass is 10.1. The number of hydrogen-bond donors (Lipinski definition) is 1. The van der Waals surface area contributed by atoms with Crippen LogP contribution in [0, 0.1) is 20.8 Å². The Balaban J connectivity index is 2.08. The van der Waals surface area contributed by atoms with Gasteiger partial charge in [0.1, 0.15) is 12.6 Å². The Morgan fingerprint density at radius 1 is 0.947 bits per heavy atom. The summed E-state index contributed by atoms with van der Waals surface area (Å²) in [4.78, 5) is 28.2. The van der Waals surface area contributed by atoms with Gasteiger partial charge in [-0.05, 0) is 70.0 Å². The molecular weight excluding hydrogens is 522 g/mol. The molecule has 1 atom stereocenters. The van der Waals surface area contributed by atoms with Crippen LogP contribution in [0.2, 0.25) is 5.02 Å². The van der Waals surface area contributed by atoms with Gasteiger partial charge in [-0.2, -0.15) is 0 Å².